The van der Waals surface area contributed by atoms with E-state index in [9.17, 15) is 9.59 Å². The summed E-state index contributed by atoms with van der Waals surface area (Å²) in [5, 5.41) is 3.03. The molecule has 0 saturated heterocycles. The Kier molecular flexibility index (Phi) is 5.91. The number of rotatable bonds is 7. The highest BCUT2D eigenvalue weighted by Crippen LogP contribution is 2.19. The predicted molar refractivity (Wildman–Crippen MR) is 83.3 cm³/mol. The lowest BCUT2D eigenvalue weighted by molar-refractivity contribution is -0.116. The van der Waals surface area contributed by atoms with Gasteiger partial charge in [-0.2, -0.15) is 0 Å². The first-order chi connectivity index (χ1) is 10.7. The van der Waals surface area contributed by atoms with Gasteiger partial charge in [0.2, 0.25) is 5.91 Å². The van der Waals surface area contributed by atoms with E-state index in [2.05, 4.69) is 15.0 Å². The number of hydrogen-bond donors (Lipinski definition) is 1. The average Bonchev–Trinajstić information content (AvgIpc) is 3.00. The molecule has 6 nitrogen and oxygen atoms in total. The molecule has 2 rings (SSSR count). The zero-order chi connectivity index (χ0) is 15.8. The molecule has 22 heavy (non-hydrogen) atoms. The maximum absolute atomic E-state index is 11.8. The van der Waals surface area contributed by atoms with Crippen LogP contribution in [0.2, 0.25) is 0 Å². The molecule has 0 saturated carbocycles. The van der Waals surface area contributed by atoms with Crippen molar-refractivity contribution in [2.24, 2.45) is 0 Å². The van der Waals surface area contributed by atoms with Crippen molar-refractivity contribution in [2.45, 2.75) is 12.8 Å². The molecule has 0 fully saturated rings. The topological polar surface area (TPSA) is 77.5 Å². The minimum absolute atomic E-state index is 0.164. The molecule has 7 heteroatoms. The standard InChI is InChI=1S/C15H16N2O4S/c1-20-14(19)12-10-16-15(22-12)17-13(18)8-5-9-21-11-6-3-2-4-7-11/h2-4,6-7,10H,5,8-9H2,1H3,(H,16,17,18). The summed E-state index contributed by atoms with van der Waals surface area (Å²) in [5.74, 6) is 0.155. The zero-order valence-electron chi connectivity index (χ0n) is 12.1. The fourth-order valence-electron chi connectivity index (χ4n) is 1.65. The van der Waals surface area contributed by atoms with Crippen LogP contribution in [0.3, 0.4) is 0 Å². The number of ether oxygens (including phenoxy) is 2. The summed E-state index contributed by atoms with van der Waals surface area (Å²) in [6.07, 6.45) is 2.29. The van der Waals surface area contributed by atoms with Crippen molar-refractivity contribution in [3.63, 3.8) is 0 Å². The van der Waals surface area contributed by atoms with Gasteiger partial charge in [0.25, 0.3) is 0 Å². The van der Waals surface area contributed by atoms with Gasteiger partial charge in [-0.25, -0.2) is 9.78 Å². The molecular weight excluding hydrogens is 304 g/mol. The molecule has 1 N–H and O–H groups in total. The Bertz CT molecular complexity index is 627. The molecule has 0 radical (unpaired) electrons. The summed E-state index contributed by atoms with van der Waals surface area (Å²) in [7, 11) is 1.30. The average molecular weight is 320 g/mol. The largest absolute Gasteiger partial charge is 0.494 e. The first-order valence-corrected chi connectivity index (χ1v) is 7.52. The Balaban J connectivity index is 1.69. The van der Waals surface area contributed by atoms with Crippen molar-refractivity contribution < 1.29 is 19.1 Å². The van der Waals surface area contributed by atoms with Crippen LogP contribution in [0.15, 0.2) is 36.5 Å². The van der Waals surface area contributed by atoms with Gasteiger partial charge < -0.3 is 14.8 Å². The number of aromatic nitrogens is 1. The van der Waals surface area contributed by atoms with E-state index in [4.69, 9.17) is 4.74 Å². The van der Waals surface area contributed by atoms with Crippen LogP contribution < -0.4 is 10.1 Å². The number of para-hydroxylation sites is 1. The second-order valence-electron chi connectivity index (χ2n) is 4.33. The molecular formula is C15H16N2O4S. The Hall–Kier alpha value is -2.41. The molecule has 1 heterocycles. The van der Waals surface area contributed by atoms with E-state index in [1.165, 1.54) is 13.3 Å². The van der Waals surface area contributed by atoms with Crippen LogP contribution in [0.5, 0.6) is 5.75 Å². The minimum atomic E-state index is -0.464. The van der Waals surface area contributed by atoms with Gasteiger partial charge in [-0.05, 0) is 18.6 Å². The minimum Gasteiger partial charge on any atom is -0.494 e. The number of esters is 1. The molecule has 0 spiro atoms. The molecule has 1 aromatic carbocycles. The predicted octanol–water partition coefficient (Wildman–Crippen LogP) is 2.73. The van der Waals surface area contributed by atoms with Crippen LogP contribution >= 0.6 is 11.3 Å². The van der Waals surface area contributed by atoms with E-state index in [1.807, 2.05) is 30.3 Å². The molecule has 0 aliphatic heterocycles. The lowest BCUT2D eigenvalue weighted by Gasteiger charge is -2.05. The molecule has 1 amide bonds. The van der Waals surface area contributed by atoms with Crippen LogP contribution in [-0.4, -0.2) is 30.6 Å². The smallest absolute Gasteiger partial charge is 0.349 e. The second-order valence-corrected chi connectivity index (χ2v) is 5.37. The second kappa shape index (κ2) is 8.14. The van der Waals surface area contributed by atoms with E-state index < -0.39 is 5.97 Å². The first kappa shape index (κ1) is 16.0. The number of nitrogens with one attached hydrogen (secondary N) is 1. The fraction of sp³-hybridized carbons (Fsp3) is 0.267. The molecule has 116 valence electrons. The van der Waals surface area contributed by atoms with E-state index in [0.29, 0.717) is 29.5 Å². The third-order valence-electron chi connectivity index (χ3n) is 2.70. The Morgan fingerprint density at radius 3 is 2.77 bits per heavy atom. The van der Waals surface area contributed by atoms with Gasteiger partial charge >= 0.3 is 5.97 Å². The number of thiazole rings is 1. The third kappa shape index (κ3) is 4.85. The van der Waals surface area contributed by atoms with Crippen LogP contribution in [-0.2, 0) is 9.53 Å². The quantitative estimate of drug-likeness (QED) is 0.627. The summed E-state index contributed by atoms with van der Waals surface area (Å²) >= 11 is 1.08. The van der Waals surface area contributed by atoms with Gasteiger partial charge in [0.1, 0.15) is 10.6 Å². The maximum Gasteiger partial charge on any atom is 0.349 e. The van der Waals surface area contributed by atoms with E-state index in [1.54, 1.807) is 0 Å². The van der Waals surface area contributed by atoms with Gasteiger partial charge in [0.05, 0.1) is 19.9 Å². The van der Waals surface area contributed by atoms with Gasteiger partial charge in [0.15, 0.2) is 5.13 Å². The van der Waals surface area contributed by atoms with Crippen molar-refractivity contribution in [1.29, 1.82) is 0 Å². The number of hydrogen-bond acceptors (Lipinski definition) is 6. The zero-order valence-corrected chi connectivity index (χ0v) is 12.9. The normalized spacial score (nSPS) is 10.0. The number of methoxy groups -OCH3 is 1. The van der Waals surface area contributed by atoms with Crippen molar-refractivity contribution >= 4 is 28.3 Å². The molecule has 0 aliphatic carbocycles. The van der Waals surface area contributed by atoms with Crippen LogP contribution in [0.4, 0.5) is 5.13 Å². The molecule has 1 aromatic heterocycles. The SMILES string of the molecule is COC(=O)c1cnc(NC(=O)CCCOc2ccccc2)s1. The van der Waals surface area contributed by atoms with Gasteiger partial charge in [-0.3, -0.25) is 4.79 Å². The number of nitrogens with zero attached hydrogens (tertiary/aromatic N) is 1. The van der Waals surface area contributed by atoms with Crippen molar-refractivity contribution in [2.75, 3.05) is 19.0 Å². The number of anilines is 1. The summed E-state index contributed by atoms with van der Waals surface area (Å²) in [5.41, 5.74) is 0. The summed E-state index contributed by atoms with van der Waals surface area (Å²) < 4.78 is 10.1. The van der Waals surface area contributed by atoms with Crippen LogP contribution in [0.25, 0.3) is 0 Å². The first-order valence-electron chi connectivity index (χ1n) is 6.71. The van der Waals surface area contributed by atoms with E-state index in [-0.39, 0.29) is 5.91 Å². The Morgan fingerprint density at radius 2 is 2.05 bits per heavy atom. The van der Waals surface area contributed by atoms with Gasteiger partial charge in [0, 0.05) is 6.42 Å². The van der Waals surface area contributed by atoms with Crippen molar-refractivity contribution in [3.05, 3.63) is 41.4 Å². The molecule has 0 aliphatic rings. The highest BCUT2D eigenvalue weighted by molar-refractivity contribution is 7.17. The van der Waals surface area contributed by atoms with Crippen LogP contribution in [0, 0.1) is 0 Å². The molecule has 0 bridgehead atoms. The number of carbonyl (C=O) groups is 2. The molecule has 0 atom stereocenters. The highest BCUT2D eigenvalue weighted by Gasteiger charge is 2.12. The van der Waals surface area contributed by atoms with Gasteiger partial charge in [-0.1, -0.05) is 29.5 Å². The monoisotopic (exact) mass is 320 g/mol. The maximum atomic E-state index is 11.8. The van der Waals surface area contributed by atoms with Crippen LogP contribution in [0.1, 0.15) is 22.5 Å². The molecule has 0 unspecified atom stereocenters. The third-order valence-corrected chi connectivity index (χ3v) is 3.59. The number of carbonyl (C=O) groups excluding carboxylic acids is 2. The fourth-order valence-corrected chi connectivity index (χ4v) is 2.40. The lowest BCUT2D eigenvalue weighted by atomic mass is 10.3. The summed E-state index contributed by atoms with van der Waals surface area (Å²) in [4.78, 5) is 27.3. The Labute approximate surface area is 132 Å². The van der Waals surface area contributed by atoms with Crippen molar-refractivity contribution in [1.82, 2.24) is 4.98 Å². The summed E-state index contributed by atoms with van der Waals surface area (Å²) in [6.45, 7) is 0.461. The van der Waals surface area contributed by atoms with E-state index in [0.717, 1.165) is 17.1 Å². The highest BCUT2D eigenvalue weighted by atomic mass is 32.1. The van der Waals surface area contributed by atoms with Gasteiger partial charge in [-0.15, -0.1) is 0 Å². The van der Waals surface area contributed by atoms with Crippen molar-refractivity contribution in [3.8, 4) is 5.75 Å². The van der Waals surface area contributed by atoms with E-state index >= 15 is 0 Å². The summed E-state index contributed by atoms with van der Waals surface area (Å²) in [6, 6.07) is 9.43. The number of benzene rings is 1. The molecule has 2 aromatic rings. The lowest BCUT2D eigenvalue weighted by Crippen LogP contribution is -2.12. The number of amides is 1. The Morgan fingerprint density at radius 1 is 1.27 bits per heavy atom.